The van der Waals surface area contributed by atoms with E-state index in [0.717, 1.165) is 5.56 Å². The van der Waals surface area contributed by atoms with E-state index in [0.29, 0.717) is 29.5 Å². The molecule has 8 heteroatoms. The fraction of sp³-hybridized carbons (Fsp3) is 0.158. The van der Waals surface area contributed by atoms with Crippen molar-refractivity contribution in [2.75, 3.05) is 24.9 Å². The first kappa shape index (κ1) is 18.1. The van der Waals surface area contributed by atoms with Gasteiger partial charge in [0, 0.05) is 31.1 Å². The van der Waals surface area contributed by atoms with Crippen LogP contribution in [0.2, 0.25) is 0 Å². The molecule has 0 bridgehead atoms. The van der Waals surface area contributed by atoms with E-state index in [4.69, 9.17) is 9.47 Å². The molecule has 0 saturated carbocycles. The zero-order chi connectivity index (χ0) is 19.1. The van der Waals surface area contributed by atoms with Crippen molar-refractivity contribution in [1.82, 2.24) is 15.0 Å². The van der Waals surface area contributed by atoms with Crippen LogP contribution in [-0.2, 0) is 6.54 Å². The summed E-state index contributed by atoms with van der Waals surface area (Å²) >= 11 is 0. The van der Waals surface area contributed by atoms with Gasteiger partial charge in [0.15, 0.2) is 0 Å². The summed E-state index contributed by atoms with van der Waals surface area (Å²) in [4.78, 5) is 24.7. The van der Waals surface area contributed by atoms with Crippen molar-refractivity contribution in [1.29, 1.82) is 0 Å². The Kier molecular flexibility index (Phi) is 5.78. The Morgan fingerprint density at radius 2 is 1.85 bits per heavy atom. The van der Waals surface area contributed by atoms with E-state index >= 15 is 0 Å². The van der Waals surface area contributed by atoms with Gasteiger partial charge in [0.2, 0.25) is 0 Å². The molecular weight excluding hydrogens is 346 g/mol. The van der Waals surface area contributed by atoms with Gasteiger partial charge in [-0.2, -0.15) is 0 Å². The van der Waals surface area contributed by atoms with Gasteiger partial charge in [0.05, 0.1) is 19.9 Å². The van der Waals surface area contributed by atoms with Crippen LogP contribution in [0.15, 0.2) is 55.1 Å². The number of rotatable bonds is 7. The summed E-state index contributed by atoms with van der Waals surface area (Å²) in [6, 6.07) is 10.5. The smallest absolute Gasteiger partial charge is 0.274 e. The normalized spacial score (nSPS) is 10.1. The van der Waals surface area contributed by atoms with E-state index in [1.165, 1.54) is 13.4 Å². The van der Waals surface area contributed by atoms with Crippen molar-refractivity contribution in [2.24, 2.45) is 0 Å². The maximum Gasteiger partial charge on any atom is 0.274 e. The predicted octanol–water partition coefficient (Wildman–Crippen LogP) is 2.75. The molecule has 0 aliphatic carbocycles. The molecular formula is C19H19N5O3. The summed E-state index contributed by atoms with van der Waals surface area (Å²) in [6.07, 6.45) is 4.78. The van der Waals surface area contributed by atoms with E-state index in [1.54, 1.807) is 43.8 Å². The number of nitrogens with zero attached hydrogens (tertiary/aromatic N) is 3. The maximum absolute atomic E-state index is 12.5. The van der Waals surface area contributed by atoms with Crippen LogP contribution in [-0.4, -0.2) is 35.1 Å². The van der Waals surface area contributed by atoms with Gasteiger partial charge in [0.25, 0.3) is 5.91 Å². The van der Waals surface area contributed by atoms with Crippen LogP contribution in [0.25, 0.3) is 0 Å². The molecule has 0 radical (unpaired) electrons. The fourth-order valence-electron chi connectivity index (χ4n) is 2.36. The van der Waals surface area contributed by atoms with Crippen LogP contribution in [0.5, 0.6) is 11.5 Å². The number of aromatic nitrogens is 3. The lowest BCUT2D eigenvalue weighted by molar-refractivity contribution is 0.102. The number of carbonyl (C=O) groups excluding carboxylic acids is 1. The van der Waals surface area contributed by atoms with Crippen LogP contribution in [0, 0.1) is 0 Å². The first-order valence-electron chi connectivity index (χ1n) is 8.18. The van der Waals surface area contributed by atoms with Crippen molar-refractivity contribution in [2.45, 2.75) is 6.54 Å². The second kappa shape index (κ2) is 8.61. The standard InChI is InChI=1S/C19H19N5O3/c1-26-14-3-4-15(17(9-14)27-2)24-19(25)16-10-18(23-12-22-16)21-11-13-5-7-20-8-6-13/h3-10,12H,11H2,1-2H3,(H,24,25)(H,21,22,23). The highest BCUT2D eigenvalue weighted by molar-refractivity contribution is 6.04. The number of nitrogens with one attached hydrogen (secondary N) is 2. The first-order valence-corrected chi connectivity index (χ1v) is 8.18. The van der Waals surface area contributed by atoms with Crippen LogP contribution < -0.4 is 20.1 Å². The predicted molar refractivity (Wildman–Crippen MR) is 101 cm³/mol. The molecule has 8 nitrogen and oxygen atoms in total. The number of carbonyl (C=O) groups is 1. The molecule has 1 amide bonds. The van der Waals surface area contributed by atoms with Crippen molar-refractivity contribution in [3.05, 3.63) is 66.4 Å². The number of benzene rings is 1. The molecule has 1 aromatic carbocycles. The molecule has 2 aromatic heterocycles. The van der Waals surface area contributed by atoms with Crippen LogP contribution in [0.4, 0.5) is 11.5 Å². The van der Waals surface area contributed by atoms with Crippen LogP contribution >= 0.6 is 0 Å². The summed E-state index contributed by atoms with van der Waals surface area (Å²) < 4.78 is 10.4. The highest BCUT2D eigenvalue weighted by atomic mass is 16.5. The summed E-state index contributed by atoms with van der Waals surface area (Å²) in [6.45, 7) is 0.562. The third-order valence-electron chi connectivity index (χ3n) is 3.78. The molecule has 0 aliphatic heterocycles. The van der Waals surface area contributed by atoms with E-state index in [-0.39, 0.29) is 11.6 Å². The third kappa shape index (κ3) is 4.69. The van der Waals surface area contributed by atoms with Crippen LogP contribution in [0.1, 0.15) is 16.1 Å². The van der Waals surface area contributed by atoms with E-state index in [2.05, 4.69) is 25.6 Å². The zero-order valence-electron chi connectivity index (χ0n) is 15.0. The van der Waals surface area contributed by atoms with Gasteiger partial charge in [0.1, 0.15) is 29.3 Å². The minimum Gasteiger partial charge on any atom is -0.497 e. The highest BCUT2D eigenvalue weighted by Gasteiger charge is 2.13. The Hall–Kier alpha value is -3.68. The van der Waals surface area contributed by atoms with Gasteiger partial charge in [-0.1, -0.05) is 0 Å². The summed E-state index contributed by atoms with van der Waals surface area (Å²) in [5.41, 5.74) is 1.81. The molecule has 0 atom stereocenters. The molecule has 138 valence electrons. The lowest BCUT2D eigenvalue weighted by Gasteiger charge is -2.12. The average Bonchev–Trinajstić information content (AvgIpc) is 2.73. The number of hydrogen-bond donors (Lipinski definition) is 2. The van der Waals surface area contributed by atoms with Gasteiger partial charge < -0.3 is 20.1 Å². The topological polar surface area (TPSA) is 98.3 Å². The Labute approximate surface area is 156 Å². The fourth-order valence-corrected chi connectivity index (χ4v) is 2.36. The highest BCUT2D eigenvalue weighted by Crippen LogP contribution is 2.29. The lowest BCUT2D eigenvalue weighted by Crippen LogP contribution is -2.15. The van der Waals surface area contributed by atoms with Crippen LogP contribution in [0.3, 0.4) is 0 Å². The molecule has 2 N–H and O–H groups in total. The monoisotopic (exact) mass is 365 g/mol. The molecule has 0 unspecified atom stereocenters. The van der Waals surface area contributed by atoms with E-state index in [1.807, 2.05) is 12.1 Å². The van der Waals surface area contributed by atoms with E-state index < -0.39 is 0 Å². The SMILES string of the molecule is COc1ccc(NC(=O)c2cc(NCc3ccncc3)ncn2)c(OC)c1. The zero-order valence-corrected chi connectivity index (χ0v) is 15.0. The largest absolute Gasteiger partial charge is 0.497 e. The number of amides is 1. The maximum atomic E-state index is 12.5. The number of hydrogen-bond acceptors (Lipinski definition) is 7. The Bertz CT molecular complexity index is 918. The second-order valence-corrected chi connectivity index (χ2v) is 5.52. The van der Waals surface area contributed by atoms with Gasteiger partial charge in [-0.25, -0.2) is 9.97 Å². The molecule has 3 rings (SSSR count). The molecule has 0 aliphatic rings. The average molecular weight is 365 g/mol. The quantitative estimate of drug-likeness (QED) is 0.664. The molecule has 3 aromatic rings. The Balaban J connectivity index is 1.70. The van der Waals surface area contributed by atoms with Crippen molar-refractivity contribution in [3.63, 3.8) is 0 Å². The summed E-state index contributed by atoms with van der Waals surface area (Å²) in [5, 5.41) is 5.94. The first-order chi connectivity index (χ1) is 13.2. The minimum atomic E-state index is -0.368. The van der Waals surface area contributed by atoms with Gasteiger partial charge in [-0.3, -0.25) is 9.78 Å². The lowest BCUT2D eigenvalue weighted by atomic mass is 10.2. The van der Waals surface area contributed by atoms with Gasteiger partial charge in [-0.05, 0) is 29.8 Å². The van der Waals surface area contributed by atoms with Crippen molar-refractivity contribution in [3.8, 4) is 11.5 Å². The minimum absolute atomic E-state index is 0.236. The van der Waals surface area contributed by atoms with Crippen molar-refractivity contribution >= 4 is 17.4 Å². The number of ether oxygens (including phenoxy) is 2. The molecule has 0 fully saturated rings. The number of methoxy groups -OCH3 is 2. The van der Waals surface area contributed by atoms with Gasteiger partial charge in [-0.15, -0.1) is 0 Å². The number of anilines is 2. The molecule has 27 heavy (non-hydrogen) atoms. The Morgan fingerprint density at radius 3 is 2.59 bits per heavy atom. The molecule has 0 saturated heterocycles. The molecule has 0 spiro atoms. The Morgan fingerprint density at radius 1 is 1.04 bits per heavy atom. The summed E-state index contributed by atoms with van der Waals surface area (Å²) in [7, 11) is 3.09. The van der Waals surface area contributed by atoms with Gasteiger partial charge >= 0.3 is 0 Å². The summed E-state index contributed by atoms with van der Waals surface area (Å²) in [5.74, 6) is 1.31. The third-order valence-corrected chi connectivity index (χ3v) is 3.78. The molecule has 2 heterocycles. The number of pyridine rings is 1. The van der Waals surface area contributed by atoms with E-state index in [9.17, 15) is 4.79 Å². The second-order valence-electron chi connectivity index (χ2n) is 5.52. The van der Waals surface area contributed by atoms with Crippen molar-refractivity contribution < 1.29 is 14.3 Å².